The molecule has 0 bridgehead atoms. The molecule has 2 heterocycles. The molecule has 2 fully saturated rings. The molecule has 0 atom stereocenters. The number of carbonyl (C=O) groups excluding carboxylic acids is 3. The molecular formula is C23H23FN2O4. The van der Waals surface area contributed by atoms with Crippen LogP contribution in [-0.2, 0) is 9.59 Å². The minimum Gasteiger partial charge on any atom is -0.426 e. The molecule has 7 heteroatoms. The molecule has 0 unspecified atom stereocenters. The van der Waals surface area contributed by atoms with E-state index in [4.69, 9.17) is 4.74 Å². The zero-order chi connectivity index (χ0) is 21.1. The number of amides is 2. The molecule has 0 N–H and O–H groups in total. The normalized spacial score (nSPS) is 17.3. The van der Waals surface area contributed by atoms with Crippen molar-refractivity contribution in [2.75, 3.05) is 24.5 Å². The number of hydrogen-bond donors (Lipinski definition) is 0. The lowest BCUT2D eigenvalue weighted by atomic mass is 9.96. The lowest BCUT2D eigenvalue weighted by molar-refractivity contribution is -0.140. The Morgan fingerprint density at radius 3 is 2.20 bits per heavy atom. The van der Waals surface area contributed by atoms with Gasteiger partial charge in [0, 0.05) is 37.3 Å². The smallest absolute Gasteiger partial charge is 0.314 e. The van der Waals surface area contributed by atoms with Crippen LogP contribution in [0.3, 0.4) is 0 Å². The van der Waals surface area contributed by atoms with Crippen LogP contribution in [0, 0.1) is 11.7 Å². The maximum absolute atomic E-state index is 13.0. The molecule has 2 amide bonds. The van der Waals surface area contributed by atoms with Crippen LogP contribution in [0.2, 0.25) is 0 Å². The molecule has 0 radical (unpaired) electrons. The molecule has 0 aromatic heterocycles. The molecule has 30 heavy (non-hydrogen) atoms. The van der Waals surface area contributed by atoms with E-state index in [0.29, 0.717) is 50.2 Å². The van der Waals surface area contributed by atoms with Gasteiger partial charge in [0.05, 0.1) is 5.92 Å². The van der Waals surface area contributed by atoms with E-state index in [1.165, 1.54) is 24.3 Å². The number of hydrogen-bond acceptors (Lipinski definition) is 4. The summed E-state index contributed by atoms with van der Waals surface area (Å²) in [7, 11) is 0. The highest BCUT2D eigenvalue weighted by Crippen LogP contribution is 2.26. The van der Waals surface area contributed by atoms with Crippen molar-refractivity contribution >= 4 is 23.5 Å². The van der Waals surface area contributed by atoms with Crippen LogP contribution in [0.25, 0.3) is 0 Å². The van der Waals surface area contributed by atoms with Crippen molar-refractivity contribution in [3.8, 4) is 5.75 Å². The van der Waals surface area contributed by atoms with Gasteiger partial charge in [0.2, 0.25) is 5.91 Å². The molecule has 0 spiro atoms. The number of benzene rings is 2. The molecule has 2 aliphatic rings. The summed E-state index contributed by atoms with van der Waals surface area (Å²) in [4.78, 5) is 40.2. The minimum atomic E-state index is -0.381. The lowest BCUT2D eigenvalue weighted by Gasteiger charge is -2.31. The van der Waals surface area contributed by atoms with Gasteiger partial charge in [0.25, 0.3) is 5.91 Å². The predicted molar refractivity (Wildman–Crippen MR) is 109 cm³/mol. The van der Waals surface area contributed by atoms with Crippen LogP contribution >= 0.6 is 0 Å². The first-order chi connectivity index (χ1) is 14.5. The fourth-order valence-electron chi connectivity index (χ4n) is 3.91. The van der Waals surface area contributed by atoms with Gasteiger partial charge in [-0.05, 0) is 67.8 Å². The molecule has 2 saturated heterocycles. The summed E-state index contributed by atoms with van der Waals surface area (Å²) < 4.78 is 18.5. The van der Waals surface area contributed by atoms with Gasteiger partial charge in [-0.25, -0.2) is 4.39 Å². The van der Waals surface area contributed by atoms with Crippen LogP contribution in [-0.4, -0.2) is 42.3 Å². The third kappa shape index (κ3) is 4.35. The Labute approximate surface area is 174 Å². The fraction of sp³-hybridized carbons (Fsp3) is 0.348. The third-order valence-electron chi connectivity index (χ3n) is 5.65. The summed E-state index contributed by atoms with van der Waals surface area (Å²) >= 11 is 0. The Balaban J connectivity index is 1.29. The molecule has 0 saturated carbocycles. The van der Waals surface area contributed by atoms with Gasteiger partial charge < -0.3 is 14.5 Å². The Kier molecular flexibility index (Phi) is 5.79. The Hall–Kier alpha value is -3.22. The number of likely N-dealkylation sites (tertiary alicyclic amines) is 1. The first-order valence-electron chi connectivity index (χ1n) is 10.2. The van der Waals surface area contributed by atoms with E-state index in [2.05, 4.69) is 0 Å². The monoisotopic (exact) mass is 410 g/mol. The van der Waals surface area contributed by atoms with Crippen LogP contribution in [0.4, 0.5) is 10.1 Å². The van der Waals surface area contributed by atoms with Crippen molar-refractivity contribution in [3.05, 3.63) is 59.9 Å². The highest BCUT2D eigenvalue weighted by atomic mass is 19.1. The van der Waals surface area contributed by atoms with Crippen molar-refractivity contribution in [3.63, 3.8) is 0 Å². The van der Waals surface area contributed by atoms with Crippen LogP contribution in [0.5, 0.6) is 5.75 Å². The molecule has 2 aromatic rings. The van der Waals surface area contributed by atoms with Gasteiger partial charge in [0.1, 0.15) is 11.6 Å². The van der Waals surface area contributed by atoms with Gasteiger partial charge in [-0.15, -0.1) is 0 Å². The SMILES string of the molecule is O=C(Oc1ccc(N2CCCC2=O)cc1)C1CCN(C(=O)c2ccc(F)cc2)CC1. The van der Waals surface area contributed by atoms with Crippen molar-refractivity contribution in [2.24, 2.45) is 5.92 Å². The lowest BCUT2D eigenvalue weighted by Crippen LogP contribution is -2.41. The van der Waals surface area contributed by atoms with E-state index in [1.54, 1.807) is 34.1 Å². The van der Waals surface area contributed by atoms with Crippen molar-refractivity contribution in [1.29, 1.82) is 0 Å². The average Bonchev–Trinajstić information content (AvgIpc) is 3.20. The summed E-state index contributed by atoms with van der Waals surface area (Å²) in [6.07, 6.45) is 2.47. The molecule has 4 rings (SSSR count). The Morgan fingerprint density at radius 2 is 1.60 bits per heavy atom. The topological polar surface area (TPSA) is 66.9 Å². The second-order valence-corrected chi connectivity index (χ2v) is 7.64. The number of esters is 1. The van der Waals surface area contributed by atoms with Gasteiger partial charge in [-0.3, -0.25) is 14.4 Å². The van der Waals surface area contributed by atoms with Gasteiger partial charge in [-0.1, -0.05) is 0 Å². The number of nitrogens with zero attached hydrogens (tertiary/aromatic N) is 2. The third-order valence-corrected chi connectivity index (χ3v) is 5.65. The van der Waals surface area contributed by atoms with E-state index >= 15 is 0 Å². The zero-order valence-corrected chi connectivity index (χ0v) is 16.6. The highest BCUT2D eigenvalue weighted by Gasteiger charge is 2.29. The maximum Gasteiger partial charge on any atom is 0.314 e. The van der Waals surface area contributed by atoms with Crippen LogP contribution in [0.15, 0.2) is 48.5 Å². The second kappa shape index (κ2) is 8.65. The van der Waals surface area contributed by atoms with E-state index in [-0.39, 0.29) is 29.5 Å². The largest absolute Gasteiger partial charge is 0.426 e. The average molecular weight is 410 g/mol. The van der Waals surface area contributed by atoms with Gasteiger partial charge in [0.15, 0.2) is 0 Å². The van der Waals surface area contributed by atoms with E-state index < -0.39 is 0 Å². The van der Waals surface area contributed by atoms with Gasteiger partial charge in [-0.2, -0.15) is 0 Å². The summed E-state index contributed by atoms with van der Waals surface area (Å²) in [6.45, 7) is 1.62. The Morgan fingerprint density at radius 1 is 0.933 bits per heavy atom. The quantitative estimate of drug-likeness (QED) is 0.572. The summed E-state index contributed by atoms with van der Waals surface area (Å²) in [5.74, 6) is -0.570. The first-order valence-corrected chi connectivity index (χ1v) is 10.2. The van der Waals surface area contributed by atoms with Crippen LogP contribution in [0.1, 0.15) is 36.0 Å². The number of anilines is 1. The number of carbonyl (C=O) groups is 3. The number of piperidine rings is 1. The number of halogens is 1. The summed E-state index contributed by atoms with van der Waals surface area (Å²) in [5, 5.41) is 0. The van der Waals surface area contributed by atoms with E-state index in [1.807, 2.05) is 0 Å². The summed E-state index contributed by atoms with van der Waals surface area (Å²) in [5.41, 5.74) is 1.25. The van der Waals surface area contributed by atoms with E-state index in [9.17, 15) is 18.8 Å². The molecule has 0 aliphatic carbocycles. The minimum absolute atomic E-state index is 0.113. The van der Waals surface area contributed by atoms with Crippen molar-refractivity contribution in [2.45, 2.75) is 25.7 Å². The molecule has 2 aliphatic heterocycles. The fourth-order valence-corrected chi connectivity index (χ4v) is 3.91. The Bertz CT molecular complexity index is 935. The molecule has 156 valence electrons. The molecule has 2 aromatic carbocycles. The standard InChI is InChI=1S/C23H23FN2O4/c24-18-5-3-16(4-6-18)22(28)25-14-11-17(12-15-25)23(29)30-20-9-7-19(8-10-20)26-13-1-2-21(26)27/h3-10,17H,1-2,11-15H2. The molecular weight excluding hydrogens is 387 g/mol. The number of ether oxygens (including phenoxy) is 1. The van der Waals surface area contributed by atoms with Gasteiger partial charge >= 0.3 is 5.97 Å². The van der Waals surface area contributed by atoms with Crippen LogP contribution < -0.4 is 9.64 Å². The van der Waals surface area contributed by atoms with Crippen molar-refractivity contribution < 1.29 is 23.5 Å². The van der Waals surface area contributed by atoms with E-state index in [0.717, 1.165) is 12.1 Å². The highest BCUT2D eigenvalue weighted by molar-refractivity contribution is 5.95. The number of rotatable bonds is 4. The summed E-state index contributed by atoms with van der Waals surface area (Å²) in [6, 6.07) is 12.4. The molecule has 6 nitrogen and oxygen atoms in total. The predicted octanol–water partition coefficient (Wildman–Crippen LogP) is 3.41. The maximum atomic E-state index is 13.0. The zero-order valence-electron chi connectivity index (χ0n) is 16.6. The second-order valence-electron chi connectivity index (χ2n) is 7.64. The first kappa shape index (κ1) is 20.1. The van der Waals surface area contributed by atoms with Crippen molar-refractivity contribution in [1.82, 2.24) is 4.90 Å².